The van der Waals surface area contributed by atoms with E-state index in [4.69, 9.17) is 9.26 Å². The second-order valence-electron chi connectivity index (χ2n) is 6.62. The lowest BCUT2D eigenvalue weighted by atomic mass is 10.1. The van der Waals surface area contributed by atoms with E-state index in [1.807, 2.05) is 6.07 Å². The van der Waals surface area contributed by atoms with E-state index in [9.17, 15) is 4.79 Å². The molecule has 0 spiro atoms. The van der Waals surface area contributed by atoms with Crippen molar-refractivity contribution >= 4 is 5.91 Å². The fourth-order valence-electron chi connectivity index (χ4n) is 3.04. The second kappa shape index (κ2) is 6.72. The van der Waals surface area contributed by atoms with E-state index in [0.717, 1.165) is 12.1 Å². The fourth-order valence-corrected chi connectivity index (χ4v) is 3.04. The third kappa shape index (κ3) is 3.33. The van der Waals surface area contributed by atoms with Gasteiger partial charge in [0.1, 0.15) is 11.7 Å². The van der Waals surface area contributed by atoms with Gasteiger partial charge in [0.05, 0.1) is 6.10 Å². The van der Waals surface area contributed by atoms with Crippen molar-refractivity contribution in [2.75, 3.05) is 13.7 Å². The molecule has 24 heavy (non-hydrogen) atoms. The summed E-state index contributed by atoms with van der Waals surface area (Å²) in [5, 5.41) is 10.9. The second-order valence-corrected chi connectivity index (χ2v) is 6.62. The van der Waals surface area contributed by atoms with Crippen molar-refractivity contribution in [1.29, 1.82) is 0 Å². The van der Waals surface area contributed by atoms with Crippen LogP contribution in [0.1, 0.15) is 54.2 Å². The third-order valence-electron chi connectivity index (χ3n) is 4.16. The Balaban J connectivity index is 1.82. The smallest absolute Gasteiger partial charge is 0.275 e. The van der Waals surface area contributed by atoms with E-state index < -0.39 is 0 Å². The molecular formula is C16H23N5O3. The Morgan fingerprint density at radius 2 is 2.33 bits per heavy atom. The van der Waals surface area contributed by atoms with Crippen LogP contribution in [0.15, 0.2) is 10.6 Å². The molecule has 3 rings (SSSR count). The quantitative estimate of drug-likeness (QED) is 0.897. The Kier molecular flexibility index (Phi) is 4.66. The molecule has 0 saturated carbocycles. The van der Waals surface area contributed by atoms with E-state index in [0.29, 0.717) is 36.3 Å². The van der Waals surface area contributed by atoms with Gasteiger partial charge in [0.15, 0.2) is 5.82 Å². The van der Waals surface area contributed by atoms with Crippen LogP contribution in [-0.2, 0) is 11.2 Å². The van der Waals surface area contributed by atoms with E-state index in [-0.39, 0.29) is 18.1 Å². The average molecular weight is 333 g/mol. The van der Waals surface area contributed by atoms with Crippen molar-refractivity contribution in [3.63, 3.8) is 0 Å². The van der Waals surface area contributed by atoms with Gasteiger partial charge < -0.3 is 14.2 Å². The van der Waals surface area contributed by atoms with Crippen LogP contribution >= 0.6 is 0 Å². The molecule has 1 saturated heterocycles. The summed E-state index contributed by atoms with van der Waals surface area (Å²) in [6.45, 7) is 6.49. The Morgan fingerprint density at radius 1 is 1.54 bits per heavy atom. The minimum atomic E-state index is -0.283. The van der Waals surface area contributed by atoms with Gasteiger partial charge in [0.2, 0.25) is 5.89 Å². The van der Waals surface area contributed by atoms with Crippen molar-refractivity contribution in [2.24, 2.45) is 5.92 Å². The molecule has 3 heterocycles. The van der Waals surface area contributed by atoms with E-state index in [2.05, 4.69) is 34.2 Å². The zero-order valence-electron chi connectivity index (χ0n) is 14.4. The number of carbonyl (C=O) groups excluding carboxylic acids is 1. The van der Waals surface area contributed by atoms with Crippen molar-refractivity contribution in [3.05, 3.63) is 29.2 Å². The minimum Gasteiger partial charge on any atom is -0.380 e. The number of aromatic amines is 1. The first-order valence-electron chi connectivity index (χ1n) is 8.16. The first-order chi connectivity index (χ1) is 11.5. The summed E-state index contributed by atoms with van der Waals surface area (Å²) in [4.78, 5) is 18.9. The Hall–Kier alpha value is -2.22. The maximum absolute atomic E-state index is 12.9. The highest BCUT2D eigenvalue weighted by Crippen LogP contribution is 2.33. The van der Waals surface area contributed by atoms with E-state index in [1.165, 1.54) is 0 Å². The number of nitrogens with zero attached hydrogens (tertiary/aromatic N) is 4. The van der Waals surface area contributed by atoms with Gasteiger partial charge in [-0.1, -0.05) is 19.0 Å². The first kappa shape index (κ1) is 16.6. The molecule has 8 heteroatoms. The molecule has 1 N–H and O–H groups in total. The van der Waals surface area contributed by atoms with Crippen LogP contribution in [0.4, 0.5) is 0 Å². The molecule has 130 valence electrons. The maximum atomic E-state index is 12.9. The molecule has 0 bridgehead atoms. The number of methoxy groups -OCH3 is 1. The van der Waals surface area contributed by atoms with Gasteiger partial charge in [-0.2, -0.15) is 10.1 Å². The predicted octanol–water partition coefficient (Wildman–Crippen LogP) is 1.90. The Bertz CT molecular complexity index is 708. The highest BCUT2D eigenvalue weighted by molar-refractivity contribution is 5.92. The summed E-state index contributed by atoms with van der Waals surface area (Å²) in [7, 11) is 1.64. The molecule has 1 fully saturated rings. The van der Waals surface area contributed by atoms with Crippen LogP contribution < -0.4 is 0 Å². The normalized spacial score (nSPS) is 21.0. The van der Waals surface area contributed by atoms with Crippen molar-refractivity contribution in [3.8, 4) is 0 Å². The number of rotatable bonds is 5. The average Bonchev–Trinajstić information content (AvgIpc) is 3.24. The number of hydrogen-bond donors (Lipinski definition) is 1. The maximum Gasteiger partial charge on any atom is 0.275 e. The van der Waals surface area contributed by atoms with Crippen molar-refractivity contribution in [2.45, 2.75) is 45.8 Å². The van der Waals surface area contributed by atoms with Crippen LogP contribution in [0.5, 0.6) is 0 Å². The van der Waals surface area contributed by atoms with Gasteiger partial charge >= 0.3 is 0 Å². The lowest BCUT2D eigenvalue weighted by Crippen LogP contribution is -2.32. The Labute approximate surface area is 140 Å². The third-order valence-corrected chi connectivity index (χ3v) is 4.16. The summed E-state index contributed by atoms with van der Waals surface area (Å²) in [6.07, 6.45) is 1.43. The standard InChI is InChI=1S/C16H23N5O3/c1-9(2)5-11-6-13(19-18-11)16(22)21-8-12(23-4)7-14(21)15-17-10(3)20-24-15/h6,9,12,14H,5,7-8H2,1-4H3,(H,18,19)/t12-,14-/m1/s1. The molecule has 8 nitrogen and oxygen atoms in total. The molecule has 2 atom stereocenters. The number of likely N-dealkylation sites (tertiary alicyclic amines) is 1. The number of hydrogen-bond acceptors (Lipinski definition) is 6. The zero-order chi connectivity index (χ0) is 17.3. The molecule has 0 radical (unpaired) electrons. The SMILES string of the molecule is CO[C@@H]1C[C@H](c2nc(C)no2)N(C(=O)c2cc(CC(C)C)[nH]n2)C1. The minimum absolute atomic E-state index is 0.0553. The molecular weight excluding hydrogens is 310 g/mol. The van der Waals surface area contributed by atoms with Crippen LogP contribution in [-0.4, -0.2) is 50.9 Å². The van der Waals surface area contributed by atoms with Crippen LogP contribution in [0.25, 0.3) is 0 Å². The molecule has 0 aliphatic carbocycles. The number of carbonyl (C=O) groups is 1. The summed E-state index contributed by atoms with van der Waals surface area (Å²) in [5.74, 6) is 1.34. The number of H-pyrrole nitrogens is 1. The molecule has 1 aliphatic heterocycles. The van der Waals surface area contributed by atoms with Gasteiger partial charge in [-0.25, -0.2) is 0 Å². The van der Waals surface area contributed by atoms with Crippen LogP contribution in [0.3, 0.4) is 0 Å². The number of ether oxygens (including phenoxy) is 1. The lowest BCUT2D eigenvalue weighted by Gasteiger charge is -2.20. The topological polar surface area (TPSA) is 97.1 Å². The number of amides is 1. The fraction of sp³-hybridized carbons (Fsp3) is 0.625. The first-order valence-corrected chi connectivity index (χ1v) is 8.16. The van der Waals surface area contributed by atoms with E-state index >= 15 is 0 Å². The summed E-state index contributed by atoms with van der Waals surface area (Å²) in [6, 6.07) is 1.53. The highest BCUT2D eigenvalue weighted by Gasteiger charge is 2.40. The molecule has 2 aromatic heterocycles. The van der Waals surface area contributed by atoms with Gasteiger partial charge in [-0.3, -0.25) is 9.89 Å². The number of aromatic nitrogens is 4. The summed E-state index contributed by atoms with van der Waals surface area (Å²) >= 11 is 0. The predicted molar refractivity (Wildman–Crippen MR) is 85.4 cm³/mol. The van der Waals surface area contributed by atoms with Gasteiger partial charge in [0.25, 0.3) is 5.91 Å². The largest absolute Gasteiger partial charge is 0.380 e. The number of nitrogens with one attached hydrogen (secondary N) is 1. The number of aryl methyl sites for hydroxylation is 1. The molecule has 1 amide bonds. The van der Waals surface area contributed by atoms with Crippen LogP contribution in [0.2, 0.25) is 0 Å². The lowest BCUT2D eigenvalue weighted by molar-refractivity contribution is 0.0665. The van der Waals surface area contributed by atoms with E-state index in [1.54, 1.807) is 18.9 Å². The highest BCUT2D eigenvalue weighted by atomic mass is 16.5. The molecule has 1 aliphatic rings. The van der Waals surface area contributed by atoms with Gasteiger partial charge in [0, 0.05) is 25.8 Å². The monoisotopic (exact) mass is 333 g/mol. The summed E-state index contributed by atoms with van der Waals surface area (Å²) in [5.41, 5.74) is 1.37. The zero-order valence-corrected chi connectivity index (χ0v) is 14.4. The van der Waals surface area contributed by atoms with Gasteiger partial charge in [-0.15, -0.1) is 0 Å². The van der Waals surface area contributed by atoms with Crippen LogP contribution in [0, 0.1) is 12.8 Å². The molecule has 2 aromatic rings. The Morgan fingerprint density at radius 3 is 2.96 bits per heavy atom. The summed E-state index contributed by atoms with van der Waals surface area (Å²) < 4.78 is 10.7. The van der Waals surface area contributed by atoms with Crippen molar-refractivity contribution in [1.82, 2.24) is 25.2 Å². The van der Waals surface area contributed by atoms with Crippen molar-refractivity contribution < 1.29 is 14.1 Å². The van der Waals surface area contributed by atoms with Gasteiger partial charge in [-0.05, 0) is 25.3 Å². The molecule has 0 aromatic carbocycles. The molecule has 0 unspecified atom stereocenters.